The summed E-state index contributed by atoms with van der Waals surface area (Å²) in [6.45, 7) is 0. The highest BCUT2D eigenvalue weighted by molar-refractivity contribution is 9.10. The maximum atomic E-state index is 12.2. The van der Waals surface area contributed by atoms with Gasteiger partial charge >= 0.3 is 12.4 Å². The van der Waals surface area contributed by atoms with Crippen LogP contribution >= 0.6 is 15.9 Å². The van der Waals surface area contributed by atoms with Crippen molar-refractivity contribution in [1.82, 2.24) is 0 Å². The molecular formula is C9H5BrF6O. The van der Waals surface area contributed by atoms with Crippen LogP contribution in [0.1, 0.15) is 0 Å². The highest BCUT2D eigenvalue weighted by Gasteiger charge is 2.59. The van der Waals surface area contributed by atoms with Gasteiger partial charge in [-0.1, -0.05) is 12.1 Å². The summed E-state index contributed by atoms with van der Waals surface area (Å²) in [5.41, 5.74) is 0. The van der Waals surface area contributed by atoms with Gasteiger partial charge in [-0.05, 0) is 28.1 Å². The fraction of sp³-hybridized carbons (Fsp3) is 0.333. The van der Waals surface area contributed by atoms with Crippen molar-refractivity contribution in [3.63, 3.8) is 0 Å². The monoisotopic (exact) mass is 322 g/mol. The Balaban J connectivity index is 3.00. The second-order valence-corrected chi connectivity index (χ2v) is 3.87. The Morgan fingerprint density at radius 2 is 1.41 bits per heavy atom. The second kappa shape index (κ2) is 4.75. The summed E-state index contributed by atoms with van der Waals surface area (Å²) in [5.74, 6) is -0.521. The molecule has 0 saturated heterocycles. The molecule has 0 aliphatic heterocycles. The summed E-state index contributed by atoms with van der Waals surface area (Å²) in [4.78, 5) is 0. The van der Waals surface area contributed by atoms with Crippen molar-refractivity contribution >= 4 is 15.9 Å². The average Bonchev–Trinajstić information content (AvgIpc) is 2.12. The van der Waals surface area contributed by atoms with Crippen LogP contribution in [0.3, 0.4) is 0 Å². The third kappa shape index (κ3) is 3.79. The topological polar surface area (TPSA) is 9.23 Å². The molecule has 0 spiro atoms. The van der Waals surface area contributed by atoms with Gasteiger partial charge < -0.3 is 4.74 Å². The van der Waals surface area contributed by atoms with Gasteiger partial charge in [0.05, 0.1) is 4.47 Å². The summed E-state index contributed by atoms with van der Waals surface area (Å²) in [6.07, 6.45) is -14.9. The van der Waals surface area contributed by atoms with E-state index in [-0.39, 0.29) is 4.47 Å². The van der Waals surface area contributed by atoms with Gasteiger partial charge in [0.1, 0.15) is 5.75 Å². The van der Waals surface area contributed by atoms with Gasteiger partial charge in [0.15, 0.2) is 0 Å². The SMILES string of the molecule is FC(F)(F)C(Oc1ccccc1Br)C(F)(F)F. The zero-order valence-electron chi connectivity index (χ0n) is 7.94. The van der Waals surface area contributed by atoms with Gasteiger partial charge in [0.25, 0.3) is 6.10 Å². The molecule has 0 fully saturated rings. The van der Waals surface area contributed by atoms with Crippen LogP contribution in [-0.4, -0.2) is 18.5 Å². The molecule has 0 heterocycles. The minimum Gasteiger partial charge on any atom is -0.470 e. The molecule has 0 aliphatic rings. The largest absolute Gasteiger partial charge is 0.470 e. The van der Waals surface area contributed by atoms with Crippen molar-refractivity contribution in [3.05, 3.63) is 28.7 Å². The molecule has 0 saturated carbocycles. The molecule has 0 aromatic heterocycles. The van der Waals surface area contributed by atoms with Crippen molar-refractivity contribution in [2.75, 3.05) is 0 Å². The van der Waals surface area contributed by atoms with Gasteiger partial charge in [-0.3, -0.25) is 0 Å². The Hall–Kier alpha value is -0.920. The van der Waals surface area contributed by atoms with Crippen molar-refractivity contribution < 1.29 is 31.1 Å². The Morgan fingerprint density at radius 1 is 0.941 bits per heavy atom. The van der Waals surface area contributed by atoms with E-state index in [9.17, 15) is 26.3 Å². The van der Waals surface area contributed by atoms with E-state index in [1.54, 1.807) is 0 Å². The molecular weight excluding hydrogens is 318 g/mol. The first-order chi connectivity index (χ1) is 7.62. The summed E-state index contributed by atoms with van der Waals surface area (Å²) in [7, 11) is 0. The average molecular weight is 323 g/mol. The zero-order chi connectivity index (χ0) is 13.3. The van der Waals surface area contributed by atoms with E-state index < -0.39 is 24.2 Å². The van der Waals surface area contributed by atoms with Crippen LogP contribution in [0.2, 0.25) is 0 Å². The van der Waals surface area contributed by atoms with Crippen LogP contribution in [0.25, 0.3) is 0 Å². The number of hydrogen-bond acceptors (Lipinski definition) is 1. The lowest BCUT2D eigenvalue weighted by Gasteiger charge is -2.24. The molecule has 1 aromatic rings. The van der Waals surface area contributed by atoms with Gasteiger partial charge in [-0.25, -0.2) is 0 Å². The second-order valence-electron chi connectivity index (χ2n) is 3.01. The molecule has 0 radical (unpaired) electrons. The number of para-hydroxylation sites is 1. The predicted octanol–water partition coefficient (Wildman–Crippen LogP) is 4.32. The van der Waals surface area contributed by atoms with Gasteiger partial charge in [0.2, 0.25) is 0 Å². The van der Waals surface area contributed by atoms with Gasteiger partial charge in [-0.2, -0.15) is 26.3 Å². The molecule has 0 unspecified atom stereocenters. The van der Waals surface area contributed by atoms with Crippen LogP contribution in [0.5, 0.6) is 5.75 Å². The van der Waals surface area contributed by atoms with Crippen molar-refractivity contribution in [1.29, 1.82) is 0 Å². The lowest BCUT2D eigenvalue weighted by Crippen LogP contribution is -2.46. The highest BCUT2D eigenvalue weighted by atomic mass is 79.9. The number of benzene rings is 1. The molecule has 0 aliphatic carbocycles. The first kappa shape index (κ1) is 14.1. The van der Waals surface area contributed by atoms with Crippen molar-refractivity contribution in [2.45, 2.75) is 18.5 Å². The molecule has 0 atom stereocenters. The molecule has 96 valence electrons. The van der Waals surface area contributed by atoms with E-state index in [4.69, 9.17) is 0 Å². The minimum absolute atomic E-state index is 0.0125. The fourth-order valence-electron chi connectivity index (χ4n) is 0.986. The van der Waals surface area contributed by atoms with E-state index in [2.05, 4.69) is 20.7 Å². The first-order valence-electron chi connectivity index (χ1n) is 4.17. The standard InChI is InChI=1S/C9H5BrF6O/c10-5-3-1-2-4-6(5)17-7(8(11,12)13)9(14,15)16/h1-4,7H. The highest BCUT2D eigenvalue weighted by Crippen LogP contribution is 2.38. The molecule has 17 heavy (non-hydrogen) atoms. The summed E-state index contributed by atoms with van der Waals surface area (Å²) >= 11 is 2.80. The lowest BCUT2D eigenvalue weighted by atomic mass is 10.3. The summed E-state index contributed by atoms with van der Waals surface area (Å²) < 4.78 is 77.0. The minimum atomic E-state index is -5.52. The fourth-order valence-corrected chi connectivity index (χ4v) is 1.36. The third-order valence-electron chi connectivity index (χ3n) is 1.68. The first-order valence-corrected chi connectivity index (χ1v) is 4.96. The normalized spacial score (nSPS) is 12.9. The Kier molecular flexibility index (Phi) is 3.95. The Morgan fingerprint density at radius 3 is 1.82 bits per heavy atom. The number of alkyl halides is 6. The molecule has 1 aromatic carbocycles. The van der Waals surface area contributed by atoms with Crippen LogP contribution < -0.4 is 4.74 Å². The van der Waals surface area contributed by atoms with Crippen LogP contribution in [0.4, 0.5) is 26.3 Å². The maximum Gasteiger partial charge on any atom is 0.434 e. The van der Waals surface area contributed by atoms with E-state index >= 15 is 0 Å². The quantitative estimate of drug-likeness (QED) is 0.737. The number of rotatable bonds is 2. The van der Waals surface area contributed by atoms with Crippen LogP contribution in [0.15, 0.2) is 28.7 Å². The molecule has 0 amide bonds. The van der Waals surface area contributed by atoms with E-state index in [1.807, 2.05) is 0 Å². The van der Waals surface area contributed by atoms with Crippen molar-refractivity contribution in [3.8, 4) is 5.75 Å². The van der Waals surface area contributed by atoms with Gasteiger partial charge in [0, 0.05) is 0 Å². The number of hydrogen-bond donors (Lipinski definition) is 0. The van der Waals surface area contributed by atoms with E-state index in [0.717, 1.165) is 6.07 Å². The lowest BCUT2D eigenvalue weighted by molar-refractivity contribution is -0.300. The number of halogens is 7. The molecule has 1 nitrogen and oxygen atoms in total. The molecule has 0 bridgehead atoms. The Labute approximate surface area is 101 Å². The van der Waals surface area contributed by atoms with Crippen molar-refractivity contribution in [2.24, 2.45) is 0 Å². The van der Waals surface area contributed by atoms with E-state index in [0.29, 0.717) is 0 Å². The van der Waals surface area contributed by atoms with Crippen LogP contribution in [-0.2, 0) is 0 Å². The van der Waals surface area contributed by atoms with Gasteiger partial charge in [-0.15, -0.1) is 0 Å². The van der Waals surface area contributed by atoms with E-state index in [1.165, 1.54) is 18.2 Å². The molecule has 0 N–H and O–H groups in total. The smallest absolute Gasteiger partial charge is 0.434 e. The molecule has 8 heteroatoms. The third-order valence-corrected chi connectivity index (χ3v) is 2.33. The predicted molar refractivity (Wildman–Crippen MR) is 50.7 cm³/mol. The summed E-state index contributed by atoms with van der Waals surface area (Å²) in [5, 5.41) is 0. The molecule has 1 rings (SSSR count). The zero-order valence-corrected chi connectivity index (χ0v) is 9.53. The Bertz CT molecular complexity index is 372. The maximum absolute atomic E-state index is 12.2. The van der Waals surface area contributed by atoms with Crippen LogP contribution in [0, 0.1) is 0 Å². The summed E-state index contributed by atoms with van der Waals surface area (Å²) in [6, 6.07) is 4.99. The number of ether oxygens (including phenoxy) is 1.